The minimum Gasteiger partial charge on any atom is -0.497 e. The number of likely N-dealkylation sites (tertiary alicyclic amines) is 1. The predicted octanol–water partition coefficient (Wildman–Crippen LogP) is 3.00. The van der Waals surface area contributed by atoms with Crippen molar-refractivity contribution >= 4 is 0 Å². The van der Waals surface area contributed by atoms with E-state index in [1.807, 2.05) is 7.11 Å². The number of benzene rings is 1. The summed E-state index contributed by atoms with van der Waals surface area (Å²) in [6.07, 6.45) is 5.02. The van der Waals surface area contributed by atoms with Crippen molar-refractivity contribution in [2.24, 2.45) is 11.8 Å². The van der Waals surface area contributed by atoms with Gasteiger partial charge in [-0.05, 0) is 49.3 Å². The molecule has 2 saturated heterocycles. The lowest BCUT2D eigenvalue weighted by Crippen LogP contribution is -2.46. The van der Waals surface area contributed by atoms with Crippen molar-refractivity contribution in [3.8, 4) is 5.75 Å². The molecule has 1 aromatic rings. The zero-order valence-electron chi connectivity index (χ0n) is 15.1. The van der Waals surface area contributed by atoms with Crippen molar-refractivity contribution in [2.45, 2.75) is 31.8 Å². The maximum absolute atomic E-state index is 5.79. The number of hydrogen-bond donors (Lipinski definition) is 0. The molecule has 2 aliphatic rings. The van der Waals surface area contributed by atoms with Crippen LogP contribution in [0.5, 0.6) is 5.75 Å². The third kappa shape index (κ3) is 4.71. The Labute approximate surface area is 146 Å². The van der Waals surface area contributed by atoms with Crippen molar-refractivity contribution in [3.63, 3.8) is 0 Å². The predicted molar refractivity (Wildman–Crippen MR) is 95.6 cm³/mol. The topological polar surface area (TPSA) is 30.9 Å². The highest BCUT2D eigenvalue weighted by Crippen LogP contribution is 2.26. The molecular formula is C20H31NO3. The average molecular weight is 333 g/mol. The Kier molecular flexibility index (Phi) is 6.52. The second-order valence-corrected chi connectivity index (χ2v) is 7.19. The number of nitrogens with zero attached hydrogens (tertiary/aromatic N) is 1. The van der Waals surface area contributed by atoms with Crippen LogP contribution in [0.4, 0.5) is 0 Å². The standard InChI is InChI=1S/C20H31NO3/c1-22-19-5-3-16(4-6-19)13-18-15-21(10-7-20(18)23-2)14-17-8-11-24-12-9-17/h3-6,17-18,20H,7-15H2,1-2H3/t18-,20+/m1/s1. The van der Waals surface area contributed by atoms with Gasteiger partial charge in [0.1, 0.15) is 5.75 Å². The summed E-state index contributed by atoms with van der Waals surface area (Å²) in [6, 6.07) is 8.48. The SMILES string of the molecule is COc1ccc(C[C@@H]2CN(CC3CCOCC3)CC[C@@H]2OC)cc1. The van der Waals surface area contributed by atoms with Crippen LogP contribution in [0.25, 0.3) is 0 Å². The van der Waals surface area contributed by atoms with Gasteiger partial charge in [0.15, 0.2) is 0 Å². The molecule has 0 N–H and O–H groups in total. The van der Waals surface area contributed by atoms with Gasteiger partial charge in [-0.3, -0.25) is 0 Å². The van der Waals surface area contributed by atoms with E-state index in [1.165, 1.54) is 24.9 Å². The molecule has 0 radical (unpaired) electrons. The van der Waals surface area contributed by atoms with Crippen LogP contribution < -0.4 is 4.74 Å². The number of hydrogen-bond acceptors (Lipinski definition) is 4. The first-order valence-corrected chi connectivity index (χ1v) is 9.24. The smallest absolute Gasteiger partial charge is 0.118 e. The van der Waals surface area contributed by atoms with Crippen LogP contribution in [-0.2, 0) is 15.9 Å². The van der Waals surface area contributed by atoms with Crippen molar-refractivity contribution in [3.05, 3.63) is 29.8 Å². The zero-order valence-corrected chi connectivity index (χ0v) is 15.1. The lowest BCUT2D eigenvalue weighted by molar-refractivity contribution is -0.0175. The lowest BCUT2D eigenvalue weighted by atomic mass is 9.87. The summed E-state index contributed by atoms with van der Waals surface area (Å²) in [5, 5.41) is 0. The Morgan fingerprint density at radius 2 is 1.83 bits per heavy atom. The van der Waals surface area contributed by atoms with Crippen LogP contribution in [0.3, 0.4) is 0 Å². The third-order valence-corrected chi connectivity index (χ3v) is 5.57. The molecule has 4 heteroatoms. The van der Waals surface area contributed by atoms with Gasteiger partial charge in [-0.1, -0.05) is 12.1 Å². The van der Waals surface area contributed by atoms with E-state index in [2.05, 4.69) is 29.2 Å². The van der Waals surface area contributed by atoms with Crippen LogP contribution in [0.2, 0.25) is 0 Å². The molecule has 0 spiro atoms. The molecular weight excluding hydrogens is 302 g/mol. The van der Waals surface area contributed by atoms with Crippen molar-refractivity contribution in [1.29, 1.82) is 0 Å². The summed E-state index contributed by atoms with van der Waals surface area (Å²) in [5.41, 5.74) is 1.37. The molecule has 0 amide bonds. The minimum absolute atomic E-state index is 0.373. The highest BCUT2D eigenvalue weighted by atomic mass is 16.5. The molecule has 2 atom stereocenters. The third-order valence-electron chi connectivity index (χ3n) is 5.57. The van der Waals surface area contributed by atoms with Crippen molar-refractivity contribution in [1.82, 2.24) is 4.90 Å². The van der Waals surface area contributed by atoms with Gasteiger partial charge in [0.25, 0.3) is 0 Å². The maximum Gasteiger partial charge on any atom is 0.118 e. The maximum atomic E-state index is 5.79. The largest absolute Gasteiger partial charge is 0.497 e. The fraction of sp³-hybridized carbons (Fsp3) is 0.700. The molecule has 4 nitrogen and oxygen atoms in total. The molecule has 2 fully saturated rings. The van der Waals surface area contributed by atoms with Crippen LogP contribution in [0.1, 0.15) is 24.8 Å². The Morgan fingerprint density at radius 1 is 1.08 bits per heavy atom. The first kappa shape index (κ1) is 17.7. The van der Waals surface area contributed by atoms with E-state index < -0.39 is 0 Å². The number of methoxy groups -OCH3 is 2. The van der Waals surface area contributed by atoms with Gasteiger partial charge in [-0.15, -0.1) is 0 Å². The molecule has 1 aromatic carbocycles. The molecule has 0 aromatic heterocycles. The molecule has 2 aliphatic heterocycles. The van der Waals surface area contributed by atoms with Crippen LogP contribution in [-0.4, -0.2) is 58.1 Å². The van der Waals surface area contributed by atoms with Crippen LogP contribution in [0, 0.1) is 11.8 Å². The summed E-state index contributed by atoms with van der Waals surface area (Å²) in [4.78, 5) is 2.65. The van der Waals surface area contributed by atoms with E-state index in [0.29, 0.717) is 12.0 Å². The first-order valence-electron chi connectivity index (χ1n) is 9.24. The van der Waals surface area contributed by atoms with Crippen molar-refractivity contribution < 1.29 is 14.2 Å². The summed E-state index contributed by atoms with van der Waals surface area (Å²) in [5.74, 6) is 2.29. The van der Waals surface area contributed by atoms with Gasteiger partial charge in [0.2, 0.25) is 0 Å². The Bertz CT molecular complexity index is 484. The molecule has 0 saturated carbocycles. The van der Waals surface area contributed by atoms with E-state index in [4.69, 9.17) is 14.2 Å². The van der Waals surface area contributed by atoms with Crippen LogP contribution in [0.15, 0.2) is 24.3 Å². The van der Waals surface area contributed by atoms with Gasteiger partial charge in [-0.2, -0.15) is 0 Å². The van der Waals surface area contributed by atoms with Gasteiger partial charge >= 0.3 is 0 Å². The van der Waals surface area contributed by atoms with E-state index in [1.54, 1.807) is 7.11 Å². The summed E-state index contributed by atoms with van der Waals surface area (Å²) < 4.78 is 16.5. The molecule has 0 unspecified atom stereocenters. The molecule has 3 rings (SSSR count). The van der Waals surface area contributed by atoms with E-state index in [9.17, 15) is 0 Å². The highest BCUT2D eigenvalue weighted by Gasteiger charge is 2.30. The summed E-state index contributed by atoms with van der Waals surface area (Å²) in [6.45, 7) is 5.40. The number of rotatable bonds is 6. The second-order valence-electron chi connectivity index (χ2n) is 7.19. The van der Waals surface area contributed by atoms with E-state index in [-0.39, 0.29) is 0 Å². The fourth-order valence-corrected chi connectivity index (χ4v) is 4.12. The molecule has 0 bridgehead atoms. The second kappa shape index (κ2) is 8.84. The van der Waals surface area contributed by atoms with Gasteiger partial charge < -0.3 is 19.1 Å². The van der Waals surface area contributed by atoms with E-state index in [0.717, 1.165) is 50.8 Å². The van der Waals surface area contributed by atoms with Gasteiger partial charge in [0, 0.05) is 45.9 Å². The Balaban J connectivity index is 1.57. The quantitative estimate of drug-likeness (QED) is 0.801. The summed E-state index contributed by atoms with van der Waals surface area (Å²) in [7, 11) is 3.57. The summed E-state index contributed by atoms with van der Waals surface area (Å²) >= 11 is 0. The monoisotopic (exact) mass is 333 g/mol. The lowest BCUT2D eigenvalue weighted by Gasteiger charge is -2.40. The Morgan fingerprint density at radius 3 is 2.50 bits per heavy atom. The first-order chi connectivity index (χ1) is 11.8. The van der Waals surface area contributed by atoms with Gasteiger partial charge in [0.05, 0.1) is 13.2 Å². The zero-order chi connectivity index (χ0) is 16.8. The van der Waals surface area contributed by atoms with Crippen LogP contribution >= 0.6 is 0 Å². The Hall–Kier alpha value is -1.10. The minimum atomic E-state index is 0.373. The molecule has 0 aliphatic carbocycles. The number of piperidine rings is 1. The molecule has 24 heavy (non-hydrogen) atoms. The van der Waals surface area contributed by atoms with Gasteiger partial charge in [-0.25, -0.2) is 0 Å². The number of ether oxygens (including phenoxy) is 3. The average Bonchev–Trinajstić information content (AvgIpc) is 2.63. The van der Waals surface area contributed by atoms with Crippen molar-refractivity contribution in [2.75, 3.05) is 47.1 Å². The van der Waals surface area contributed by atoms with E-state index >= 15 is 0 Å². The molecule has 2 heterocycles. The normalized spacial score (nSPS) is 26.4. The molecule has 134 valence electrons. The highest BCUT2D eigenvalue weighted by molar-refractivity contribution is 5.27. The fourth-order valence-electron chi connectivity index (χ4n) is 4.12.